The Morgan fingerprint density at radius 2 is 1.77 bits per heavy atom. The fourth-order valence-electron chi connectivity index (χ4n) is 5.29. The quantitative estimate of drug-likeness (QED) is 0.554. The first kappa shape index (κ1) is 22.6. The number of guanidine groups is 1. The Morgan fingerprint density at radius 1 is 1.06 bits per heavy atom. The second kappa shape index (κ2) is 9.46. The molecule has 0 radical (unpaired) electrons. The number of likely N-dealkylation sites (N-methyl/N-ethyl adjacent to an activating group) is 1. The molecule has 0 atom stereocenters. The van der Waals surface area contributed by atoms with E-state index in [4.69, 9.17) is 4.99 Å². The van der Waals surface area contributed by atoms with Crippen molar-refractivity contribution >= 4 is 16.0 Å². The number of benzene rings is 1. The van der Waals surface area contributed by atoms with Gasteiger partial charge in [-0.05, 0) is 50.3 Å². The van der Waals surface area contributed by atoms with E-state index in [1.54, 1.807) is 10.4 Å². The molecule has 2 aliphatic heterocycles. The van der Waals surface area contributed by atoms with Crippen molar-refractivity contribution in [2.45, 2.75) is 50.5 Å². The van der Waals surface area contributed by atoms with Crippen LogP contribution in [0.15, 0.2) is 34.2 Å². The maximum atomic E-state index is 13.3. The molecule has 0 bridgehead atoms. The van der Waals surface area contributed by atoms with Crippen molar-refractivity contribution in [3.63, 3.8) is 0 Å². The maximum absolute atomic E-state index is 13.3. The number of sulfonamides is 1. The molecule has 0 amide bonds. The molecule has 0 aromatic heterocycles. The normalized spacial score (nSPS) is 23.0. The summed E-state index contributed by atoms with van der Waals surface area (Å²) in [5.41, 5.74) is 1.24. The second-order valence-corrected chi connectivity index (χ2v) is 11.3. The zero-order valence-corrected chi connectivity index (χ0v) is 19.8. The van der Waals surface area contributed by atoms with Crippen LogP contribution in [0.1, 0.15) is 44.6 Å². The first-order valence-electron chi connectivity index (χ1n) is 11.7. The minimum Gasteiger partial charge on any atom is -0.357 e. The number of aliphatic imine (C=N–C) groups is 1. The highest BCUT2D eigenvalue weighted by Crippen LogP contribution is 2.45. The summed E-state index contributed by atoms with van der Waals surface area (Å²) in [7, 11) is -1.48. The molecule has 4 rings (SSSR count). The fourth-order valence-corrected chi connectivity index (χ4v) is 6.93. The Morgan fingerprint density at radius 3 is 2.48 bits per heavy atom. The third-order valence-electron chi connectivity index (χ3n) is 7.19. The van der Waals surface area contributed by atoms with Crippen LogP contribution in [0.4, 0.5) is 0 Å². The van der Waals surface area contributed by atoms with Crippen molar-refractivity contribution in [3.05, 3.63) is 29.8 Å². The van der Waals surface area contributed by atoms with Gasteiger partial charge in [0.1, 0.15) is 0 Å². The molecule has 1 aromatic carbocycles. The van der Waals surface area contributed by atoms with Crippen LogP contribution in [-0.4, -0.2) is 81.3 Å². The molecule has 1 N–H and O–H groups in total. The highest BCUT2D eigenvalue weighted by molar-refractivity contribution is 7.89. The molecule has 0 unspecified atom stereocenters. The van der Waals surface area contributed by atoms with Gasteiger partial charge in [0.2, 0.25) is 10.0 Å². The van der Waals surface area contributed by atoms with Gasteiger partial charge in [0.25, 0.3) is 0 Å². The van der Waals surface area contributed by atoms with Crippen molar-refractivity contribution in [1.29, 1.82) is 0 Å². The third kappa shape index (κ3) is 4.91. The van der Waals surface area contributed by atoms with Crippen molar-refractivity contribution < 1.29 is 8.42 Å². The van der Waals surface area contributed by atoms with Crippen LogP contribution in [0.5, 0.6) is 0 Å². The monoisotopic (exact) mass is 447 g/mol. The molecular weight excluding hydrogens is 410 g/mol. The zero-order chi connectivity index (χ0) is 21.9. The molecule has 7 nitrogen and oxygen atoms in total. The van der Waals surface area contributed by atoms with Gasteiger partial charge in [0, 0.05) is 45.8 Å². The fraction of sp³-hybridized carbons (Fsp3) is 0.696. The Kier molecular flexibility index (Phi) is 6.89. The number of piperazine rings is 1. The van der Waals surface area contributed by atoms with Crippen LogP contribution in [0.2, 0.25) is 0 Å². The second-order valence-electron chi connectivity index (χ2n) is 9.36. The molecule has 172 valence electrons. The lowest BCUT2D eigenvalue weighted by Gasteiger charge is -2.32. The van der Waals surface area contributed by atoms with Gasteiger partial charge in [-0.15, -0.1) is 0 Å². The Hall–Kier alpha value is -1.64. The Bertz CT molecular complexity index is 887. The highest BCUT2D eigenvalue weighted by atomic mass is 32.2. The van der Waals surface area contributed by atoms with E-state index in [0.717, 1.165) is 44.2 Å². The largest absolute Gasteiger partial charge is 0.357 e. The lowest BCUT2D eigenvalue weighted by atomic mass is 9.86. The first-order chi connectivity index (χ1) is 14.9. The molecule has 3 aliphatic rings. The molecule has 1 aliphatic carbocycles. The number of nitrogens with one attached hydrogen (secondary N) is 1. The molecule has 1 aromatic rings. The van der Waals surface area contributed by atoms with E-state index in [0.29, 0.717) is 29.9 Å². The van der Waals surface area contributed by atoms with Crippen molar-refractivity contribution in [1.82, 2.24) is 19.4 Å². The lowest BCUT2D eigenvalue weighted by Crippen LogP contribution is -2.47. The molecule has 31 heavy (non-hydrogen) atoms. The maximum Gasteiger partial charge on any atom is 0.243 e. The van der Waals surface area contributed by atoms with Gasteiger partial charge >= 0.3 is 0 Å². The minimum absolute atomic E-state index is 0.370. The summed E-state index contributed by atoms with van der Waals surface area (Å²) in [6.45, 7) is 7.97. The molecule has 3 fully saturated rings. The van der Waals surface area contributed by atoms with Gasteiger partial charge < -0.3 is 15.1 Å². The Labute approximate surface area is 187 Å². The topological polar surface area (TPSA) is 68.2 Å². The van der Waals surface area contributed by atoms with Gasteiger partial charge in [-0.2, -0.15) is 4.31 Å². The van der Waals surface area contributed by atoms with Gasteiger partial charge in [-0.1, -0.05) is 31.0 Å². The van der Waals surface area contributed by atoms with Gasteiger partial charge in [0.05, 0.1) is 11.4 Å². The van der Waals surface area contributed by atoms with E-state index in [1.165, 1.54) is 32.1 Å². The van der Waals surface area contributed by atoms with Crippen LogP contribution in [0.25, 0.3) is 0 Å². The van der Waals surface area contributed by atoms with E-state index >= 15 is 0 Å². The van der Waals surface area contributed by atoms with E-state index in [2.05, 4.69) is 22.0 Å². The standard InChI is InChI=1S/C23H37N5O2S/c1-3-24-22(27-13-12-23(19-27)10-6-7-11-23)25-18-20-8-4-5-9-21(20)31(29,30)28-16-14-26(2)15-17-28/h4-5,8-9H,3,6-7,10-19H2,1-2H3,(H,24,25). The predicted octanol–water partition coefficient (Wildman–Crippen LogP) is 2.35. The molecule has 8 heteroatoms. The van der Waals surface area contributed by atoms with Crippen LogP contribution >= 0.6 is 0 Å². The zero-order valence-electron chi connectivity index (χ0n) is 19.0. The summed E-state index contributed by atoms with van der Waals surface area (Å²) in [5.74, 6) is 0.915. The summed E-state index contributed by atoms with van der Waals surface area (Å²) in [6.07, 6.45) is 6.59. The molecule has 2 heterocycles. The van der Waals surface area contributed by atoms with Gasteiger partial charge in [0.15, 0.2) is 5.96 Å². The summed E-state index contributed by atoms with van der Waals surface area (Å²) >= 11 is 0. The van der Waals surface area contributed by atoms with Crippen molar-refractivity contribution in [3.8, 4) is 0 Å². The summed E-state index contributed by atoms with van der Waals surface area (Å²) in [5, 5.41) is 3.44. The van der Waals surface area contributed by atoms with E-state index in [1.807, 2.05) is 25.2 Å². The lowest BCUT2D eigenvalue weighted by molar-refractivity contribution is 0.222. The van der Waals surface area contributed by atoms with Crippen LogP contribution in [-0.2, 0) is 16.6 Å². The number of rotatable bonds is 5. The van der Waals surface area contributed by atoms with Crippen LogP contribution in [0.3, 0.4) is 0 Å². The predicted molar refractivity (Wildman–Crippen MR) is 125 cm³/mol. The van der Waals surface area contributed by atoms with Gasteiger partial charge in [-0.3, -0.25) is 0 Å². The molecule has 1 spiro atoms. The van der Waals surface area contributed by atoms with Crippen LogP contribution < -0.4 is 5.32 Å². The molecule has 1 saturated carbocycles. The number of nitrogens with zero attached hydrogens (tertiary/aromatic N) is 4. The van der Waals surface area contributed by atoms with Crippen molar-refractivity contribution in [2.75, 3.05) is 52.9 Å². The molecule has 2 saturated heterocycles. The summed E-state index contributed by atoms with van der Waals surface area (Å²) < 4.78 is 28.3. The minimum atomic E-state index is -3.51. The SMILES string of the molecule is CCNC(=NCc1ccccc1S(=O)(=O)N1CCN(C)CC1)N1CCC2(CCCC2)C1. The van der Waals surface area contributed by atoms with Crippen LogP contribution in [0, 0.1) is 5.41 Å². The van der Waals surface area contributed by atoms with Gasteiger partial charge in [-0.25, -0.2) is 13.4 Å². The molecular formula is C23H37N5O2S. The Balaban J connectivity index is 1.52. The highest BCUT2D eigenvalue weighted by Gasteiger charge is 2.41. The number of hydrogen-bond donors (Lipinski definition) is 1. The summed E-state index contributed by atoms with van der Waals surface area (Å²) in [6, 6.07) is 7.35. The third-order valence-corrected chi connectivity index (χ3v) is 9.19. The average molecular weight is 448 g/mol. The van der Waals surface area contributed by atoms with E-state index < -0.39 is 10.0 Å². The van der Waals surface area contributed by atoms with E-state index in [9.17, 15) is 8.42 Å². The number of likely N-dealkylation sites (tertiary alicyclic amines) is 1. The van der Waals surface area contributed by atoms with Crippen molar-refractivity contribution in [2.24, 2.45) is 10.4 Å². The first-order valence-corrected chi connectivity index (χ1v) is 13.2. The number of hydrogen-bond acceptors (Lipinski definition) is 4. The van der Waals surface area contributed by atoms with E-state index in [-0.39, 0.29) is 0 Å². The smallest absolute Gasteiger partial charge is 0.243 e. The summed E-state index contributed by atoms with van der Waals surface area (Å²) in [4.78, 5) is 9.83. The average Bonchev–Trinajstić information content (AvgIpc) is 3.41.